The molecule has 3 nitrogen and oxygen atoms in total. The molecule has 8 aromatic carbocycles. The summed E-state index contributed by atoms with van der Waals surface area (Å²) in [6, 6.07) is 42.8. The highest BCUT2D eigenvalue weighted by Gasteiger charge is 2.40. The molecule has 14 heteroatoms. The highest BCUT2D eigenvalue weighted by atomic mass is 19.3. The number of hydrogen-bond donors (Lipinski definition) is 0. The van der Waals surface area contributed by atoms with E-state index in [-0.39, 0.29) is 39.3 Å². The minimum absolute atomic E-state index is 0.0854. The van der Waals surface area contributed by atoms with E-state index < -0.39 is 53.2 Å². The molecule has 8 saturated carbocycles. The lowest BCUT2D eigenvalue weighted by molar-refractivity contribution is -0.186. The van der Waals surface area contributed by atoms with Crippen LogP contribution in [0.1, 0.15) is 317 Å². The van der Waals surface area contributed by atoms with E-state index in [0.717, 1.165) is 126 Å². The maximum atomic E-state index is 14.6. The first-order valence-electron chi connectivity index (χ1n) is 45.7. The van der Waals surface area contributed by atoms with E-state index in [0.29, 0.717) is 28.9 Å². The van der Waals surface area contributed by atoms with Gasteiger partial charge < -0.3 is 14.2 Å². The summed E-state index contributed by atoms with van der Waals surface area (Å²) in [6.45, 7) is 6.22. The van der Waals surface area contributed by atoms with Crippen molar-refractivity contribution in [2.75, 3.05) is 0 Å². The van der Waals surface area contributed by atoms with Crippen LogP contribution in [0.4, 0.5) is 48.3 Å². The van der Waals surface area contributed by atoms with Gasteiger partial charge in [0, 0.05) is 29.3 Å². The zero-order chi connectivity index (χ0) is 83.6. The Bertz CT molecular complexity index is 4360. The number of aryl methyl sites for hydroxylation is 3. The number of halogens is 11. The monoisotopic (exact) mass is 1640 g/mol. The zero-order valence-corrected chi connectivity index (χ0v) is 70.8. The van der Waals surface area contributed by atoms with Crippen molar-refractivity contribution in [2.45, 2.75) is 308 Å². The highest BCUT2D eigenvalue weighted by Crippen LogP contribution is 2.49. The normalized spacial score (nSPS) is 23.3. The second-order valence-corrected chi connectivity index (χ2v) is 37.0. The van der Waals surface area contributed by atoms with Gasteiger partial charge in [0.05, 0.1) is 16.7 Å². The van der Waals surface area contributed by atoms with Crippen LogP contribution < -0.4 is 14.2 Å². The molecular formula is C105H127F11O3. The minimum Gasteiger partial charge on any atom is -0.429 e. The minimum atomic E-state index is -3.68. The van der Waals surface area contributed by atoms with E-state index in [2.05, 4.69) is 16.9 Å². The first-order chi connectivity index (χ1) is 57.4. The summed E-state index contributed by atoms with van der Waals surface area (Å²) < 4.78 is 170. The average Bonchev–Trinajstić information content (AvgIpc) is 0.806. The number of benzene rings is 8. The van der Waals surface area contributed by atoms with Crippen molar-refractivity contribution in [3.8, 4) is 28.4 Å². The quantitative estimate of drug-likeness (QED) is 0.0712. The molecule has 0 amide bonds. The summed E-state index contributed by atoms with van der Waals surface area (Å²) in [4.78, 5) is 0. The Morgan fingerprint density at radius 2 is 0.563 bits per heavy atom. The molecule has 0 spiro atoms. The summed E-state index contributed by atoms with van der Waals surface area (Å²) in [5.74, 6) is 5.70. The molecule has 8 aliphatic carbocycles. The van der Waals surface area contributed by atoms with Gasteiger partial charge in [0.2, 0.25) is 0 Å². The van der Waals surface area contributed by atoms with Crippen molar-refractivity contribution in [3.05, 3.63) is 254 Å². The lowest BCUT2D eigenvalue weighted by atomic mass is 9.70. The van der Waals surface area contributed by atoms with Gasteiger partial charge in [-0.05, 0) is 307 Å². The molecule has 0 unspecified atom stereocenters. The third-order valence-electron chi connectivity index (χ3n) is 29.2. The molecule has 0 bridgehead atoms. The first-order valence-corrected chi connectivity index (χ1v) is 45.7. The Kier molecular flexibility index (Phi) is 31.5. The molecule has 8 aromatic rings. The van der Waals surface area contributed by atoms with E-state index in [4.69, 9.17) is 9.47 Å². The zero-order valence-electron chi connectivity index (χ0n) is 70.8. The van der Waals surface area contributed by atoms with Gasteiger partial charge in [-0.25, -0.2) is 22.0 Å². The second kappa shape index (κ2) is 42.0. The Hall–Kier alpha value is -7.61. The van der Waals surface area contributed by atoms with Crippen molar-refractivity contribution in [3.63, 3.8) is 0 Å². The fourth-order valence-electron chi connectivity index (χ4n) is 21.6. The molecule has 0 aliphatic heterocycles. The average molecular weight is 1650 g/mol. The summed E-state index contributed by atoms with van der Waals surface area (Å²) in [7, 11) is 0. The van der Waals surface area contributed by atoms with Crippen molar-refractivity contribution in [1.82, 2.24) is 0 Å². The molecule has 642 valence electrons. The number of rotatable bonds is 20. The Morgan fingerprint density at radius 3 is 0.908 bits per heavy atom. The van der Waals surface area contributed by atoms with E-state index in [1.54, 1.807) is 43.3 Å². The van der Waals surface area contributed by atoms with Gasteiger partial charge >= 0.3 is 18.3 Å². The van der Waals surface area contributed by atoms with Crippen LogP contribution in [0.3, 0.4) is 0 Å². The largest absolute Gasteiger partial charge is 0.429 e. The Balaban J connectivity index is 0.000000137. The maximum Gasteiger partial charge on any atom is 0.426 e. The van der Waals surface area contributed by atoms with E-state index in [1.165, 1.54) is 298 Å². The van der Waals surface area contributed by atoms with Gasteiger partial charge in [0.1, 0.15) is 46.3 Å². The van der Waals surface area contributed by atoms with Gasteiger partial charge in [0.15, 0.2) is 0 Å². The molecule has 0 atom stereocenters. The van der Waals surface area contributed by atoms with Crippen molar-refractivity contribution in [1.29, 1.82) is 0 Å². The van der Waals surface area contributed by atoms with Gasteiger partial charge in [-0.2, -0.15) is 26.3 Å². The SMILES string of the molecule is Cc1c(F)cc(-c2ccc(CCC3CCC(C4CCCCC4)CC3)cc2)cc1F.Cc1c(F)cc(OC(F)(F)c2ccc(C3CCC(C4CCCCC4)CC3)cc2)cc1F.Cc1ccc(OC(F)(F)c2ccc(C3CCC(C4CCCCC4)CC3)cc2)cc1.Cc1ccc(OC(F)(F)c2ccc(C3CCC(C4CCCCC4)CC3)cc2)cc1F. The van der Waals surface area contributed by atoms with Crippen LogP contribution in [0, 0.1) is 110 Å². The number of ether oxygens (including phenoxy) is 3. The van der Waals surface area contributed by atoms with Crippen LogP contribution in [0.2, 0.25) is 0 Å². The molecule has 8 aliphatic rings. The number of alkyl halides is 6. The van der Waals surface area contributed by atoms with E-state index >= 15 is 0 Å². The molecule has 0 saturated heterocycles. The fourth-order valence-corrected chi connectivity index (χ4v) is 21.6. The van der Waals surface area contributed by atoms with Gasteiger partial charge in [-0.1, -0.05) is 226 Å². The third-order valence-corrected chi connectivity index (χ3v) is 29.2. The molecule has 119 heavy (non-hydrogen) atoms. The van der Waals surface area contributed by atoms with Crippen LogP contribution in [0.25, 0.3) is 11.1 Å². The summed E-state index contributed by atoms with van der Waals surface area (Å²) in [5, 5.41) is 0. The molecule has 0 N–H and O–H groups in total. The van der Waals surface area contributed by atoms with E-state index in [9.17, 15) is 48.3 Å². The topological polar surface area (TPSA) is 27.7 Å². The summed E-state index contributed by atoms with van der Waals surface area (Å²) in [6.07, 6.45) is 40.2. The third kappa shape index (κ3) is 24.6. The Labute approximate surface area is 702 Å². The van der Waals surface area contributed by atoms with Crippen LogP contribution in [0.5, 0.6) is 17.2 Å². The predicted octanol–water partition coefficient (Wildman–Crippen LogP) is 32.6. The van der Waals surface area contributed by atoms with Crippen LogP contribution >= 0.6 is 0 Å². The molecule has 16 rings (SSSR count). The summed E-state index contributed by atoms with van der Waals surface area (Å²) in [5.41, 5.74) is 6.88. The lowest BCUT2D eigenvalue weighted by Crippen LogP contribution is -2.23. The van der Waals surface area contributed by atoms with Gasteiger partial charge in [-0.15, -0.1) is 0 Å². The standard InChI is InChI=1S/C27H34F2.C26H30F4O.C26H31F3O.C26H32F2O/c1-19-26(28)17-25(18-27(19)29)24-15-11-21(12-16-24)8-7-20-9-13-23(14-10-20)22-5-3-2-4-6-22;1-17-24(27)15-23(16-25(17)28)31-26(29,30)22-13-11-21(12-14-22)20-9-7-19(8-10-20)18-5-3-2-4-6-18;1-18-7-16-24(17-25(18)27)30-26(28,29)23-14-12-22(13-15-23)21-10-8-20(9-11-21)19-5-3-2-4-6-19;1-19-7-17-25(18-8-19)29-26(27,28)24-15-13-23(14-16-24)22-11-9-21(10-12-22)20-5-3-2-4-6-20/h11-12,15-18,20,22-23H,2-10,13-14H2,1H3;11-16,18-20H,2-10H2,1H3;7,12-17,19-21H,2-6,8-11H2,1H3;7-8,13-18,20-22H,2-6,9-12H2,1H3. The van der Waals surface area contributed by atoms with Crippen LogP contribution in [-0.2, 0) is 24.7 Å². The molecular weight excluding hydrogens is 1520 g/mol. The smallest absolute Gasteiger partial charge is 0.426 e. The second-order valence-electron chi connectivity index (χ2n) is 37.0. The van der Waals surface area contributed by atoms with Crippen LogP contribution in [0.15, 0.2) is 164 Å². The molecule has 0 heterocycles. The predicted molar refractivity (Wildman–Crippen MR) is 457 cm³/mol. The first kappa shape index (κ1) is 89.2. The molecule has 0 aromatic heterocycles. The number of hydrogen-bond acceptors (Lipinski definition) is 3. The maximum absolute atomic E-state index is 14.6. The van der Waals surface area contributed by atoms with Gasteiger partial charge in [-0.3, -0.25) is 0 Å². The van der Waals surface area contributed by atoms with Crippen molar-refractivity contribution >= 4 is 0 Å². The highest BCUT2D eigenvalue weighted by molar-refractivity contribution is 5.64. The fraction of sp³-hybridized carbons (Fsp3) is 0.543. The van der Waals surface area contributed by atoms with Crippen molar-refractivity contribution < 1.29 is 62.5 Å². The van der Waals surface area contributed by atoms with Crippen LogP contribution in [-0.4, -0.2) is 0 Å². The molecule has 8 fully saturated rings. The van der Waals surface area contributed by atoms with Crippen molar-refractivity contribution in [2.24, 2.45) is 53.3 Å². The van der Waals surface area contributed by atoms with Gasteiger partial charge in [0.25, 0.3) is 0 Å². The lowest BCUT2D eigenvalue weighted by Gasteiger charge is -2.36. The van der Waals surface area contributed by atoms with E-state index in [1.807, 2.05) is 43.3 Å². The molecule has 0 radical (unpaired) electrons. The summed E-state index contributed by atoms with van der Waals surface area (Å²) >= 11 is 0. The Morgan fingerprint density at radius 1 is 0.269 bits per heavy atom.